The molecule has 0 heterocycles. The molecule has 210 valence electrons. The number of carbonyl (C=O) groups is 1. The SMILES string of the molecule is CC1(C)CC[C@]2(C(=O)O)CC[C@]3(C)C(=CC[C@@H]4[C@]5(C)C(CC[C@]43C)C(C)(C)C(O)(O)C(O)(O)C5O)[C@H]2C1. The number of carboxylic acids is 1. The molecular formula is C30H48O7. The van der Waals surface area contributed by atoms with E-state index in [-0.39, 0.29) is 34.0 Å². The number of hydrogen-bond acceptors (Lipinski definition) is 6. The maximum atomic E-state index is 12.8. The molecule has 5 aliphatic rings. The molecule has 0 amide bonds. The highest BCUT2D eigenvalue weighted by Crippen LogP contribution is 2.76. The summed E-state index contributed by atoms with van der Waals surface area (Å²) in [5.74, 6) is -7.20. The minimum absolute atomic E-state index is 0.0409. The van der Waals surface area contributed by atoms with Crippen molar-refractivity contribution in [2.45, 2.75) is 118 Å². The molecule has 7 heteroatoms. The maximum absolute atomic E-state index is 12.8. The zero-order chi connectivity index (χ0) is 27.8. The van der Waals surface area contributed by atoms with Crippen LogP contribution in [0.25, 0.3) is 0 Å². The second kappa shape index (κ2) is 7.39. The molecule has 2 unspecified atom stereocenters. The van der Waals surface area contributed by atoms with Gasteiger partial charge >= 0.3 is 5.97 Å². The first kappa shape index (κ1) is 27.6. The van der Waals surface area contributed by atoms with Crippen LogP contribution in [-0.4, -0.2) is 54.3 Å². The maximum Gasteiger partial charge on any atom is 0.310 e. The largest absolute Gasteiger partial charge is 0.481 e. The first-order valence-electron chi connectivity index (χ1n) is 14.2. The highest BCUT2D eigenvalue weighted by atomic mass is 16.6. The molecule has 4 fully saturated rings. The molecule has 0 aromatic heterocycles. The third-order valence-electron chi connectivity index (χ3n) is 13.5. The first-order valence-corrected chi connectivity index (χ1v) is 14.2. The third kappa shape index (κ3) is 2.93. The van der Waals surface area contributed by atoms with Gasteiger partial charge in [0, 0.05) is 10.8 Å². The van der Waals surface area contributed by atoms with Crippen LogP contribution in [0.5, 0.6) is 0 Å². The molecule has 8 atom stereocenters. The predicted octanol–water partition coefficient (Wildman–Crippen LogP) is 3.82. The first-order chi connectivity index (χ1) is 16.7. The molecule has 0 bridgehead atoms. The summed E-state index contributed by atoms with van der Waals surface area (Å²) < 4.78 is 0. The van der Waals surface area contributed by atoms with Crippen molar-refractivity contribution in [1.29, 1.82) is 0 Å². The number of aliphatic hydroxyl groups is 5. The lowest BCUT2D eigenvalue weighted by atomic mass is 9.32. The lowest BCUT2D eigenvalue weighted by Gasteiger charge is -2.73. The van der Waals surface area contributed by atoms with Gasteiger partial charge < -0.3 is 30.6 Å². The molecule has 0 aliphatic heterocycles. The van der Waals surface area contributed by atoms with E-state index in [4.69, 9.17) is 0 Å². The lowest BCUT2D eigenvalue weighted by molar-refractivity contribution is -0.471. The van der Waals surface area contributed by atoms with Crippen molar-refractivity contribution >= 4 is 5.97 Å². The number of allylic oxidation sites excluding steroid dienone is 2. The number of carboxylic acid groups (broad SMARTS) is 1. The Bertz CT molecular complexity index is 1040. The Morgan fingerprint density at radius 1 is 0.865 bits per heavy atom. The van der Waals surface area contributed by atoms with Gasteiger partial charge in [-0.1, -0.05) is 60.1 Å². The molecular weight excluding hydrogens is 472 g/mol. The van der Waals surface area contributed by atoms with Gasteiger partial charge in [0.1, 0.15) is 6.10 Å². The van der Waals surface area contributed by atoms with Crippen molar-refractivity contribution < 1.29 is 35.4 Å². The standard InChI is InChI=1S/C30H48O7/c1-23(2)12-14-28(22(32)33)15-13-25(5)17(18(28)16-23)8-9-20-26(25,6)11-10-19-24(3,4)30(36,37)29(34,35)21(31)27(19,20)7/h8,18-21,31,34-37H,9-16H2,1-7H3,(H,32,33)/t18-,19?,20+,21?,25-,26-,27+,28+/m1/s1. The Hall–Kier alpha value is -0.990. The summed E-state index contributed by atoms with van der Waals surface area (Å²) in [7, 11) is 0. The molecule has 6 N–H and O–H groups in total. The molecule has 7 nitrogen and oxygen atoms in total. The van der Waals surface area contributed by atoms with Crippen LogP contribution in [0.2, 0.25) is 0 Å². The fourth-order valence-corrected chi connectivity index (χ4v) is 10.8. The number of rotatable bonds is 1. The highest BCUT2D eigenvalue weighted by Gasteiger charge is 2.78. The smallest absolute Gasteiger partial charge is 0.310 e. The fourth-order valence-electron chi connectivity index (χ4n) is 10.8. The summed E-state index contributed by atoms with van der Waals surface area (Å²) in [6.45, 7) is 14.2. The van der Waals surface area contributed by atoms with Crippen molar-refractivity contribution in [1.82, 2.24) is 0 Å². The van der Waals surface area contributed by atoms with Crippen molar-refractivity contribution in [3.8, 4) is 0 Å². The molecule has 37 heavy (non-hydrogen) atoms. The minimum atomic E-state index is -3.09. The monoisotopic (exact) mass is 520 g/mol. The second-order valence-corrected chi connectivity index (χ2v) is 15.6. The summed E-state index contributed by atoms with van der Waals surface area (Å²) in [5.41, 5.74) is -2.33. The van der Waals surface area contributed by atoms with Crippen LogP contribution in [-0.2, 0) is 4.79 Å². The number of aliphatic hydroxyl groups excluding tert-OH is 1. The Morgan fingerprint density at radius 2 is 1.46 bits per heavy atom. The van der Waals surface area contributed by atoms with E-state index in [0.29, 0.717) is 25.7 Å². The normalized spacial score (nSPS) is 51.0. The van der Waals surface area contributed by atoms with Crippen LogP contribution in [0.1, 0.15) is 99.8 Å². The second-order valence-electron chi connectivity index (χ2n) is 15.6. The summed E-state index contributed by atoms with van der Waals surface area (Å²) in [5, 5.41) is 65.9. The lowest BCUT2D eigenvalue weighted by Crippen LogP contribution is -2.81. The van der Waals surface area contributed by atoms with E-state index in [0.717, 1.165) is 25.7 Å². The van der Waals surface area contributed by atoms with E-state index in [1.807, 2.05) is 6.92 Å². The van der Waals surface area contributed by atoms with E-state index in [9.17, 15) is 35.4 Å². The van der Waals surface area contributed by atoms with E-state index >= 15 is 0 Å². The van der Waals surface area contributed by atoms with Crippen LogP contribution >= 0.6 is 0 Å². The Labute approximate surface area is 221 Å². The van der Waals surface area contributed by atoms with Gasteiger partial charge in [0.15, 0.2) is 0 Å². The Balaban J connectivity index is 1.66. The van der Waals surface area contributed by atoms with E-state index < -0.39 is 39.9 Å². The topological polar surface area (TPSA) is 138 Å². The van der Waals surface area contributed by atoms with Crippen LogP contribution in [0.4, 0.5) is 0 Å². The van der Waals surface area contributed by atoms with Gasteiger partial charge in [0.25, 0.3) is 0 Å². The fraction of sp³-hybridized carbons (Fsp3) is 0.900. The average molecular weight is 521 g/mol. The molecule has 4 saturated carbocycles. The summed E-state index contributed by atoms with van der Waals surface area (Å²) in [4.78, 5) is 12.8. The van der Waals surface area contributed by atoms with Gasteiger partial charge in [-0.3, -0.25) is 4.79 Å². The van der Waals surface area contributed by atoms with Crippen LogP contribution < -0.4 is 0 Å². The van der Waals surface area contributed by atoms with Gasteiger partial charge in [-0.05, 0) is 85.4 Å². The van der Waals surface area contributed by atoms with Gasteiger partial charge in [-0.2, -0.15) is 0 Å². The number of aliphatic carboxylic acids is 1. The van der Waals surface area contributed by atoms with E-state index in [1.54, 1.807) is 13.8 Å². The molecule has 0 radical (unpaired) electrons. The molecule has 5 rings (SSSR count). The summed E-state index contributed by atoms with van der Waals surface area (Å²) in [6.07, 6.45) is 6.25. The van der Waals surface area contributed by atoms with Crippen molar-refractivity contribution in [2.24, 2.45) is 50.2 Å². The molecule has 0 aromatic carbocycles. The Morgan fingerprint density at radius 3 is 2.05 bits per heavy atom. The van der Waals surface area contributed by atoms with Crippen molar-refractivity contribution in [2.75, 3.05) is 0 Å². The van der Waals surface area contributed by atoms with Gasteiger partial charge in [-0.25, -0.2) is 0 Å². The van der Waals surface area contributed by atoms with Crippen LogP contribution in [0.15, 0.2) is 11.6 Å². The number of fused-ring (bicyclic) bond motifs is 7. The van der Waals surface area contributed by atoms with Crippen molar-refractivity contribution in [3.05, 3.63) is 11.6 Å². The van der Waals surface area contributed by atoms with Gasteiger partial charge in [-0.15, -0.1) is 0 Å². The zero-order valence-electron chi connectivity index (χ0n) is 23.6. The van der Waals surface area contributed by atoms with Gasteiger partial charge in [0.2, 0.25) is 11.6 Å². The highest BCUT2D eigenvalue weighted by molar-refractivity contribution is 5.76. The van der Waals surface area contributed by atoms with Crippen LogP contribution in [0, 0.1) is 50.2 Å². The van der Waals surface area contributed by atoms with Gasteiger partial charge in [0.05, 0.1) is 5.41 Å². The average Bonchev–Trinajstić information content (AvgIpc) is 2.77. The third-order valence-corrected chi connectivity index (χ3v) is 13.5. The quantitative estimate of drug-likeness (QED) is 0.228. The molecule has 5 aliphatic carbocycles. The molecule has 0 saturated heterocycles. The zero-order valence-corrected chi connectivity index (χ0v) is 23.6. The molecule has 0 spiro atoms. The van der Waals surface area contributed by atoms with E-state index in [2.05, 4.69) is 33.8 Å². The van der Waals surface area contributed by atoms with Crippen molar-refractivity contribution in [3.63, 3.8) is 0 Å². The predicted molar refractivity (Wildman–Crippen MR) is 138 cm³/mol. The summed E-state index contributed by atoms with van der Waals surface area (Å²) in [6, 6.07) is 0. The number of hydrogen-bond donors (Lipinski definition) is 6. The summed E-state index contributed by atoms with van der Waals surface area (Å²) >= 11 is 0. The Kier molecular flexibility index (Phi) is 5.51. The minimum Gasteiger partial charge on any atom is -0.481 e. The molecule has 0 aromatic rings. The van der Waals surface area contributed by atoms with E-state index in [1.165, 1.54) is 5.57 Å². The van der Waals surface area contributed by atoms with Crippen LogP contribution in [0.3, 0.4) is 0 Å².